The molecule has 2 aliphatic carbocycles. The van der Waals surface area contributed by atoms with Gasteiger partial charge in [0.1, 0.15) is 0 Å². The van der Waals surface area contributed by atoms with Gasteiger partial charge in [0.15, 0.2) is 0 Å². The molecule has 0 spiro atoms. The molecule has 1 aromatic rings. The zero-order valence-electron chi connectivity index (χ0n) is 10.6. The summed E-state index contributed by atoms with van der Waals surface area (Å²) in [5.41, 5.74) is 1.92. The van der Waals surface area contributed by atoms with Gasteiger partial charge in [0, 0.05) is 16.6 Å². The molecule has 3 rings (SSSR count). The van der Waals surface area contributed by atoms with E-state index in [1.54, 1.807) is 0 Å². The summed E-state index contributed by atoms with van der Waals surface area (Å²) in [6, 6.07) is 5.63. The van der Waals surface area contributed by atoms with Crippen LogP contribution < -0.4 is 5.32 Å². The summed E-state index contributed by atoms with van der Waals surface area (Å²) in [5, 5.41) is 3.72. The molecule has 2 aliphatic rings. The van der Waals surface area contributed by atoms with Crippen LogP contribution in [0.4, 0.5) is 5.69 Å². The van der Waals surface area contributed by atoms with Crippen LogP contribution in [0.15, 0.2) is 18.2 Å². The third-order valence-corrected chi connectivity index (χ3v) is 4.77. The highest BCUT2D eigenvalue weighted by molar-refractivity contribution is 6.31. The van der Waals surface area contributed by atoms with Crippen molar-refractivity contribution in [2.45, 2.75) is 32.6 Å². The Morgan fingerprint density at radius 1 is 1.33 bits per heavy atom. The third kappa shape index (κ3) is 2.14. The van der Waals surface area contributed by atoms with E-state index < -0.39 is 0 Å². The molecule has 3 heteroatoms. The summed E-state index contributed by atoms with van der Waals surface area (Å²) in [6.45, 7) is 1.99. The van der Waals surface area contributed by atoms with E-state index in [0.717, 1.165) is 23.6 Å². The Morgan fingerprint density at radius 2 is 2.17 bits per heavy atom. The van der Waals surface area contributed by atoms with Crippen LogP contribution in [0.25, 0.3) is 0 Å². The summed E-state index contributed by atoms with van der Waals surface area (Å²) >= 11 is 5.97. The monoisotopic (exact) mass is 263 g/mol. The van der Waals surface area contributed by atoms with Crippen LogP contribution in [0.1, 0.15) is 31.2 Å². The molecule has 2 nitrogen and oxygen atoms in total. The van der Waals surface area contributed by atoms with Crippen molar-refractivity contribution in [3.05, 3.63) is 28.8 Å². The second-order valence-electron chi connectivity index (χ2n) is 5.73. The molecular weight excluding hydrogens is 246 g/mol. The van der Waals surface area contributed by atoms with Crippen molar-refractivity contribution in [1.82, 2.24) is 0 Å². The molecule has 0 radical (unpaired) electrons. The Bertz CT molecular complexity index is 485. The first-order valence-corrected chi connectivity index (χ1v) is 7.08. The molecule has 96 valence electrons. The van der Waals surface area contributed by atoms with Crippen LogP contribution in [-0.2, 0) is 4.79 Å². The highest BCUT2D eigenvalue weighted by Gasteiger charge is 2.43. The smallest absolute Gasteiger partial charge is 0.227 e. The maximum Gasteiger partial charge on any atom is 0.227 e. The predicted molar refractivity (Wildman–Crippen MR) is 73.8 cm³/mol. The third-order valence-electron chi connectivity index (χ3n) is 4.53. The lowest BCUT2D eigenvalue weighted by Crippen LogP contribution is -2.27. The second kappa shape index (κ2) is 4.58. The lowest BCUT2D eigenvalue weighted by Gasteiger charge is -2.21. The van der Waals surface area contributed by atoms with Crippen LogP contribution >= 0.6 is 11.6 Å². The van der Waals surface area contributed by atoms with Crippen LogP contribution in [0, 0.1) is 24.7 Å². The number of carbonyl (C=O) groups excluding carboxylic acids is 1. The summed E-state index contributed by atoms with van der Waals surface area (Å²) in [6.07, 6.45) is 4.89. The van der Waals surface area contributed by atoms with Gasteiger partial charge >= 0.3 is 0 Å². The number of hydrogen-bond acceptors (Lipinski definition) is 1. The van der Waals surface area contributed by atoms with Gasteiger partial charge in [0.25, 0.3) is 0 Å². The molecule has 2 fully saturated rings. The molecule has 0 heterocycles. The molecule has 2 saturated carbocycles. The highest BCUT2D eigenvalue weighted by atomic mass is 35.5. The zero-order valence-corrected chi connectivity index (χ0v) is 11.3. The standard InChI is InChI=1S/C15H18ClNO/c1-9-2-5-12(16)8-14(9)17-15(18)13-7-10-3-4-11(13)6-10/h2,5,8,10-11,13H,3-4,6-7H2,1H3,(H,17,18). The van der Waals surface area contributed by atoms with Gasteiger partial charge in [0.2, 0.25) is 5.91 Å². The fourth-order valence-electron chi connectivity index (χ4n) is 3.52. The minimum absolute atomic E-state index is 0.188. The van der Waals surface area contributed by atoms with E-state index in [4.69, 9.17) is 11.6 Å². The van der Waals surface area contributed by atoms with Crippen molar-refractivity contribution in [3.8, 4) is 0 Å². The number of fused-ring (bicyclic) bond motifs is 2. The van der Waals surface area contributed by atoms with Crippen molar-refractivity contribution >= 4 is 23.2 Å². The summed E-state index contributed by atoms with van der Waals surface area (Å²) in [7, 11) is 0. The van der Waals surface area contributed by atoms with Crippen molar-refractivity contribution in [2.24, 2.45) is 17.8 Å². The number of rotatable bonds is 2. The van der Waals surface area contributed by atoms with E-state index in [-0.39, 0.29) is 11.8 Å². The van der Waals surface area contributed by atoms with Gasteiger partial charge in [-0.15, -0.1) is 0 Å². The summed E-state index contributed by atoms with van der Waals surface area (Å²) in [4.78, 5) is 12.3. The SMILES string of the molecule is Cc1ccc(Cl)cc1NC(=O)C1CC2CCC1C2. The van der Waals surface area contributed by atoms with Crippen molar-refractivity contribution < 1.29 is 4.79 Å². The molecule has 3 unspecified atom stereocenters. The topological polar surface area (TPSA) is 29.1 Å². The zero-order chi connectivity index (χ0) is 12.7. The highest BCUT2D eigenvalue weighted by Crippen LogP contribution is 2.48. The average molecular weight is 264 g/mol. The normalized spacial score (nSPS) is 29.6. The molecule has 18 heavy (non-hydrogen) atoms. The largest absolute Gasteiger partial charge is 0.326 e. The van der Waals surface area contributed by atoms with E-state index in [0.29, 0.717) is 10.9 Å². The molecular formula is C15H18ClNO. The first-order valence-electron chi connectivity index (χ1n) is 6.70. The lowest BCUT2D eigenvalue weighted by atomic mass is 9.88. The Morgan fingerprint density at radius 3 is 2.83 bits per heavy atom. The number of hydrogen-bond donors (Lipinski definition) is 1. The molecule has 0 saturated heterocycles. The molecule has 0 aliphatic heterocycles. The van der Waals surface area contributed by atoms with Crippen molar-refractivity contribution in [1.29, 1.82) is 0 Å². The van der Waals surface area contributed by atoms with Crippen LogP contribution in [0.3, 0.4) is 0 Å². The van der Waals surface area contributed by atoms with Crippen molar-refractivity contribution in [3.63, 3.8) is 0 Å². The number of benzene rings is 1. The number of halogens is 1. The van der Waals surface area contributed by atoms with E-state index in [1.165, 1.54) is 19.3 Å². The predicted octanol–water partition coefficient (Wildman–Crippen LogP) is 4.02. The number of anilines is 1. The minimum Gasteiger partial charge on any atom is -0.326 e. The van der Waals surface area contributed by atoms with Crippen LogP contribution in [0.2, 0.25) is 5.02 Å². The summed E-state index contributed by atoms with van der Waals surface area (Å²) < 4.78 is 0. The van der Waals surface area contributed by atoms with Gasteiger partial charge in [-0.3, -0.25) is 4.79 Å². The van der Waals surface area contributed by atoms with E-state index in [1.807, 2.05) is 25.1 Å². The molecule has 1 aromatic carbocycles. The quantitative estimate of drug-likeness (QED) is 0.858. The maximum absolute atomic E-state index is 12.3. The van der Waals surface area contributed by atoms with Gasteiger partial charge in [-0.1, -0.05) is 24.1 Å². The fourth-order valence-corrected chi connectivity index (χ4v) is 3.69. The first kappa shape index (κ1) is 12.0. The second-order valence-corrected chi connectivity index (χ2v) is 6.17. The van der Waals surface area contributed by atoms with Gasteiger partial charge in [-0.05, 0) is 55.7 Å². The van der Waals surface area contributed by atoms with Gasteiger partial charge in [0.05, 0.1) is 0 Å². The van der Waals surface area contributed by atoms with Crippen LogP contribution in [-0.4, -0.2) is 5.91 Å². The number of nitrogens with one attached hydrogen (secondary N) is 1. The Kier molecular flexibility index (Phi) is 3.06. The summed E-state index contributed by atoms with van der Waals surface area (Å²) in [5.74, 6) is 1.83. The van der Waals surface area contributed by atoms with Crippen molar-refractivity contribution in [2.75, 3.05) is 5.32 Å². The Balaban J connectivity index is 1.72. The molecule has 0 aromatic heterocycles. The Hall–Kier alpha value is -1.02. The molecule has 2 bridgehead atoms. The minimum atomic E-state index is 0.188. The molecule has 1 amide bonds. The number of amides is 1. The first-order chi connectivity index (χ1) is 8.63. The lowest BCUT2D eigenvalue weighted by molar-refractivity contribution is -0.121. The van der Waals surface area contributed by atoms with Gasteiger partial charge in [-0.25, -0.2) is 0 Å². The number of carbonyl (C=O) groups is 1. The average Bonchev–Trinajstić information content (AvgIpc) is 2.96. The Labute approximate surface area is 113 Å². The van der Waals surface area contributed by atoms with E-state index >= 15 is 0 Å². The van der Waals surface area contributed by atoms with E-state index in [9.17, 15) is 4.79 Å². The molecule has 1 N–H and O–H groups in total. The maximum atomic E-state index is 12.3. The molecule has 3 atom stereocenters. The van der Waals surface area contributed by atoms with Gasteiger partial charge < -0.3 is 5.32 Å². The number of aryl methyl sites for hydroxylation is 1. The van der Waals surface area contributed by atoms with Gasteiger partial charge in [-0.2, -0.15) is 0 Å². The fraction of sp³-hybridized carbons (Fsp3) is 0.533. The van der Waals surface area contributed by atoms with E-state index in [2.05, 4.69) is 5.32 Å². The van der Waals surface area contributed by atoms with Crippen LogP contribution in [0.5, 0.6) is 0 Å².